The van der Waals surface area contributed by atoms with Crippen molar-refractivity contribution in [3.8, 4) is 5.75 Å². The van der Waals surface area contributed by atoms with Crippen LogP contribution in [0.4, 0.5) is 10.1 Å². The maximum atomic E-state index is 14.0. The largest absolute Gasteiger partial charge is 0.496 e. The zero-order chi connectivity index (χ0) is 25.3. The van der Waals surface area contributed by atoms with E-state index in [1.54, 1.807) is 12.1 Å². The number of nitrogens with zero attached hydrogens (tertiary/aromatic N) is 2. The number of ether oxygens (including phenoxy) is 1. The monoisotopic (exact) mass is 497 g/mol. The van der Waals surface area contributed by atoms with Crippen molar-refractivity contribution < 1.29 is 27.3 Å². The molecule has 0 unspecified atom stereocenters. The smallest absolute Gasteiger partial charge is 0.270 e. The van der Waals surface area contributed by atoms with E-state index in [9.17, 15) is 27.7 Å². The van der Waals surface area contributed by atoms with Crippen molar-refractivity contribution in [1.29, 1.82) is 0 Å². The van der Waals surface area contributed by atoms with Crippen molar-refractivity contribution in [2.24, 2.45) is 7.05 Å². The van der Waals surface area contributed by atoms with Crippen LogP contribution in [0, 0.1) is 15.9 Å². The quantitative estimate of drug-likeness (QED) is 0.305. The lowest BCUT2D eigenvalue weighted by molar-refractivity contribution is -0.384. The second-order valence-electron chi connectivity index (χ2n) is 7.80. The van der Waals surface area contributed by atoms with Gasteiger partial charge in [0, 0.05) is 36.3 Å². The summed E-state index contributed by atoms with van der Waals surface area (Å²) in [5.41, 5.74) is 2.11. The van der Waals surface area contributed by atoms with Crippen LogP contribution >= 0.6 is 0 Å². The van der Waals surface area contributed by atoms with Gasteiger partial charge in [-0.05, 0) is 47.9 Å². The van der Waals surface area contributed by atoms with Crippen LogP contribution in [0.3, 0.4) is 0 Å². The second kappa shape index (κ2) is 9.18. The van der Waals surface area contributed by atoms with Gasteiger partial charge in [-0.1, -0.05) is 18.2 Å². The number of nitrogens with one attached hydrogen (secondary N) is 1. The van der Waals surface area contributed by atoms with Crippen molar-refractivity contribution in [1.82, 2.24) is 9.29 Å². The van der Waals surface area contributed by atoms with Crippen LogP contribution in [0.1, 0.15) is 21.5 Å². The van der Waals surface area contributed by atoms with Crippen LogP contribution in [0.2, 0.25) is 0 Å². The van der Waals surface area contributed by atoms with Crippen molar-refractivity contribution >= 4 is 32.5 Å². The Morgan fingerprint density at radius 2 is 1.89 bits per heavy atom. The van der Waals surface area contributed by atoms with Gasteiger partial charge < -0.3 is 9.30 Å². The van der Waals surface area contributed by atoms with Gasteiger partial charge in [-0.25, -0.2) is 17.5 Å². The molecule has 3 aromatic carbocycles. The highest BCUT2D eigenvalue weighted by Gasteiger charge is 2.24. The Kier molecular flexibility index (Phi) is 6.27. The van der Waals surface area contributed by atoms with Gasteiger partial charge in [0.15, 0.2) is 0 Å². The summed E-state index contributed by atoms with van der Waals surface area (Å²) in [6, 6.07) is 14.0. The number of hydrogen-bond donors (Lipinski definition) is 1. The molecule has 35 heavy (non-hydrogen) atoms. The number of amides is 1. The SMILES string of the molecule is COc1ccc(Cc2cn(C)c3ccc([N+](=O)[O-])cc23)cc1C(=O)NS(=O)(=O)c1ccccc1F. The summed E-state index contributed by atoms with van der Waals surface area (Å²) >= 11 is 0. The molecule has 0 aliphatic rings. The zero-order valence-corrected chi connectivity index (χ0v) is 19.5. The second-order valence-corrected chi connectivity index (χ2v) is 9.45. The minimum Gasteiger partial charge on any atom is -0.496 e. The first-order chi connectivity index (χ1) is 16.6. The first-order valence-corrected chi connectivity index (χ1v) is 11.8. The predicted octanol–water partition coefficient (Wildman–Crippen LogP) is 3.94. The summed E-state index contributed by atoms with van der Waals surface area (Å²) < 4.78 is 48.1. The molecule has 1 amide bonds. The Hall–Kier alpha value is -4.25. The van der Waals surface area contributed by atoms with E-state index in [0.29, 0.717) is 17.4 Å². The predicted molar refractivity (Wildman–Crippen MR) is 126 cm³/mol. The van der Waals surface area contributed by atoms with E-state index >= 15 is 0 Å². The summed E-state index contributed by atoms with van der Waals surface area (Å²) in [6.07, 6.45) is 2.14. The Morgan fingerprint density at radius 1 is 1.14 bits per heavy atom. The number of carbonyl (C=O) groups is 1. The molecule has 4 rings (SSSR count). The van der Waals surface area contributed by atoms with Gasteiger partial charge in [-0.2, -0.15) is 0 Å². The third-order valence-corrected chi connectivity index (χ3v) is 6.89. The summed E-state index contributed by atoms with van der Waals surface area (Å²) in [4.78, 5) is 23.0. The molecule has 1 aromatic heterocycles. The van der Waals surface area contributed by atoms with Crippen LogP contribution in [0.25, 0.3) is 10.9 Å². The summed E-state index contributed by atoms with van der Waals surface area (Å²) in [5.74, 6) is -1.84. The molecule has 0 spiro atoms. The van der Waals surface area contributed by atoms with Crippen molar-refractivity contribution in [3.63, 3.8) is 0 Å². The molecular formula is C24H20FN3O6S. The summed E-state index contributed by atoms with van der Waals surface area (Å²) in [7, 11) is -1.32. The molecule has 0 saturated heterocycles. The molecule has 11 heteroatoms. The van der Waals surface area contributed by atoms with Gasteiger partial charge in [0.2, 0.25) is 0 Å². The maximum absolute atomic E-state index is 14.0. The lowest BCUT2D eigenvalue weighted by Gasteiger charge is -2.12. The Bertz CT molecular complexity index is 1580. The van der Waals surface area contributed by atoms with Crippen molar-refractivity contribution in [2.45, 2.75) is 11.3 Å². The first kappa shape index (κ1) is 23.9. The summed E-state index contributed by atoms with van der Waals surface area (Å²) in [6.45, 7) is 0. The Labute approximate surface area is 200 Å². The molecule has 0 radical (unpaired) electrons. The normalized spacial score (nSPS) is 11.4. The highest BCUT2D eigenvalue weighted by Crippen LogP contribution is 2.29. The van der Waals surface area contributed by atoms with Crippen LogP contribution in [0.5, 0.6) is 5.75 Å². The van der Waals surface area contributed by atoms with E-state index in [1.807, 2.05) is 22.5 Å². The van der Waals surface area contributed by atoms with Crippen LogP contribution < -0.4 is 9.46 Å². The van der Waals surface area contributed by atoms with Gasteiger partial charge >= 0.3 is 0 Å². The fourth-order valence-corrected chi connectivity index (χ4v) is 4.92. The third kappa shape index (κ3) is 4.71. The molecule has 4 aromatic rings. The number of nitro benzene ring substituents is 1. The van der Waals surface area contributed by atoms with E-state index in [0.717, 1.165) is 23.2 Å². The van der Waals surface area contributed by atoms with E-state index in [4.69, 9.17) is 4.74 Å². The van der Waals surface area contributed by atoms with Gasteiger partial charge in [0.1, 0.15) is 16.5 Å². The fraction of sp³-hybridized carbons (Fsp3) is 0.125. The van der Waals surface area contributed by atoms with Crippen LogP contribution in [-0.4, -0.2) is 30.9 Å². The number of methoxy groups -OCH3 is 1. The molecule has 0 saturated carbocycles. The highest BCUT2D eigenvalue weighted by atomic mass is 32.2. The average molecular weight is 498 g/mol. The van der Waals surface area contributed by atoms with Crippen molar-refractivity contribution in [3.05, 3.63) is 99.5 Å². The molecule has 9 nitrogen and oxygen atoms in total. The molecule has 0 bridgehead atoms. The molecule has 1 heterocycles. The number of aromatic nitrogens is 1. The number of non-ortho nitro benzene ring substituents is 1. The molecular weight excluding hydrogens is 477 g/mol. The topological polar surface area (TPSA) is 121 Å². The van der Waals surface area contributed by atoms with Crippen molar-refractivity contribution in [2.75, 3.05) is 7.11 Å². The molecule has 1 N–H and O–H groups in total. The van der Waals surface area contributed by atoms with E-state index < -0.39 is 31.6 Å². The van der Waals surface area contributed by atoms with Gasteiger partial charge in [0.25, 0.3) is 21.6 Å². The molecule has 0 aliphatic heterocycles. The van der Waals surface area contributed by atoms with E-state index in [-0.39, 0.29) is 17.0 Å². The van der Waals surface area contributed by atoms with Gasteiger partial charge in [0.05, 0.1) is 17.6 Å². The Morgan fingerprint density at radius 3 is 2.57 bits per heavy atom. The highest BCUT2D eigenvalue weighted by molar-refractivity contribution is 7.90. The van der Waals surface area contributed by atoms with E-state index in [2.05, 4.69) is 0 Å². The number of halogens is 1. The van der Waals surface area contributed by atoms with Crippen LogP contribution in [0.15, 0.2) is 71.8 Å². The molecule has 0 aliphatic carbocycles. The third-order valence-electron chi connectivity index (χ3n) is 5.52. The minimum atomic E-state index is -4.47. The number of aryl methyl sites for hydroxylation is 1. The number of benzene rings is 3. The number of sulfonamides is 1. The number of carbonyl (C=O) groups excluding carboxylic acids is 1. The first-order valence-electron chi connectivity index (χ1n) is 10.3. The van der Waals surface area contributed by atoms with Gasteiger partial charge in [-0.3, -0.25) is 14.9 Å². The van der Waals surface area contributed by atoms with Gasteiger partial charge in [-0.15, -0.1) is 0 Å². The number of rotatable bonds is 7. The lowest BCUT2D eigenvalue weighted by atomic mass is 10.0. The fourth-order valence-electron chi connectivity index (χ4n) is 3.87. The number of fused-ring (bicyclic) bond motifs is 1. The molecule has 180 valence electrons. The molecule has 0 fully saturated rings. The molecule has 0 atom stereocenters. The number of nitro groups is 1. The Balaban J connectivity index is 1.68. The zero-order valence-electron chi connectivity index (χ0n) is 18.7. The number of hydrogen-bond acceptors (Lipinski definition) is 6. The van der Waals surface area contributed by atoms with Crippen LogP contribution in [-0.2, 0) is 23.5 Å². The van der Waals surface area contributed by atoms with E-state index in [1.165, 1.54) is 43.5 Å². The summed E-state index contributed by atoms with van der Waals surface area (Å²) in [5, 5.41) is 11.9. The minimum absolute atomic E-state index is 0.0434. The standard InChI is InChI=1S/C24H20FN3O6S/c1-27-14-16(18-13-17(28(30)31)8-9-21(18)27)11-15-7-10-22(34-2)19(12-15)24(29)26-35(32,33)23-6-4-3-5-20(23)25/h3-10,12-14H,11H2,1-2H3,(H,26,29). The maximum Gasteiger partial charge on any atom is 0.270 e. The lowest BCUT2D eigenvalue weighted by Crippen LogP contribution is -2.31. The average Bonchev–Trinajstić information content (AvgIpc) is 3.13.